The van der Waals surface area contributed by atoms with Crippen molar-refractivity contribution in [2.45, 2.75) is 38.6 Å². The smallest absolute Gasteiger partial charge is 0.303 e. The molecule has 1 aromatic heterocycles. The van der Waals surface area contributed by atoms with Gasteiger partial charge >= 0.3 is 5.97 Å². The Labute approximate surface area is 168 Å². The van der Waals surface area contributed by atoms with Gasteiger partial charge in [-0.3, -0.25) is 14.3 Å². The number of nitrogens with zero attached hydrogens (tertiary/aromatic N) is 2. The molecule has 3 rings (SSSR count). The average molecular weight is 397 g/mol. The van der Waals surface area contributed by atoms with Gasteiger partial charge in [-0.2, -0.15) is 5.10 Å². The first-order chi connectivity index (χ1) is 13.9. The standard InChI is InChI=1S/C22H24FN3O3/c1-15-19-5-2-3-6-20(19)25-26(15)12-4-11-24-21(27)13-17(14-22(28)29)16-7-9-18(23)10-8-16/h2-3,5-10,17H,4,11-14H2,1H3,(H,24,27)(H,28,29). The zero-order chi connectivity index (χ0) is 20.8. The summed E-state index contributed by atoms with van der Waals surface area (Å²) >= 11 is 0. The molecule has 0 radical (unpaired) electrons. The van der Waals surface area contributed by atoms with Crippen molar-refractivity contribution in [3.8, 4) is 0 Å². The lowest BCUT2D eigenvalue weighted by Crippen LogP contribution is -2.27. The van der Waals surface area contributed by atoms with Gasteiger partial charge in [-0.15, -0.1) is 0 Å². The van der Waals surface area contributed by atoms with Gasteiger partial charge in [0.25, 0.3) is 0 Å². The van der Waals surface area contributed by atoms with E-state index in [0.29, 0.717) is 25.1 Å². The number of aromatic nitrogens is 2. The summed E-state index contributed by atoms with van der Waals surface area (Å²) in [5, 5.41) is 17.6. The molecule has 29 heavy (non-hydrogen) atoms. The van der Waals surface area contributed by atoms with Crippen LogP contribution in [0.15, 0.2) is 48.5 Å². The molecular formula is C22H24FN3O3. The molecule has 2 aromatic carbocycles. The van der Waals surface area contributed by atoms with Crippen molar-refractivity contribution in [3.63, 3.8) is 0 Å². The molecule has 0 saturated heterocycles. The number of hydrogen-bond donors (Lipinski definition) is 2. The van der Waals surface area contributed by atoms with E-state index in [1.54, 1.807) is 0 Å². The maximum Gasteiger partial charge on any atom is 0.303 e. The number of fused-ring (bicyclic) bond motifs is 1. The van der Waals surface area contributed by atoms with Gasteiger partial charge in [0.05, 0.1) is 11.9 Å². The highest BCUT2D eigenvalue weighted by molar-refractivity contribution is 5.81. The summed E-state index contributed by atoms with van der Waals surface area (Å²) in [6.45, 7) is 3.17. The number of rotatable bonds is 9. The van der Waals surface area contributed by atoms with E-state index in [1.807, 2.05) is 35.9 Å². The van der Waals surface area contributed by atoms with Crippen LogP contribution in [0, 0.1) is 12.7 Å². The number of aryl methyl sites for hydroxylation is 2. The summed E-state index contributed by atoms with van der Waals surface area (Å²) in [5.41, 5.74) is 2.68. The summed E-state index contributed by atoms with van der Waals surface area (Å²) in [7, 11) is 0. The summed E-state index contributed by atoms with van der Waals surface area (Å²) < 4.78 is 15.0. The Balaban J connectivity index is 1.51. The van der Waals surface area contributed by atoms with Crippen molar-refractivity contribution < 1.29 is 19.1 Å². The second-order valence-corrected chi connectivity index (χ2v) is 7.08. The lowest BCUT2D eigenvalue weighted by atomic mass is 9.92. The van der Waals surface area contributed by atoms with E-state index in [4.69, 9.17) is 5.11 Å². The number of nitrogens with one attached hydrogen (secondary N) is 1. The van der Waals surface area contributed by atoms with E-state index in [9.17, 15) is 14.0 Å². The quantitative estimate of drug-likeness (QED) is 0.540. The molecule has 2 N–H and O–H groups in total. The predicted molar refractivity (Wildman–Crippen MR) is 108 cm³/mol. The molecule has 0 bridgehead atoms. The van der Waals surface area contributed by atoms with Crippen molar-refractivity contribution in [2.24, 2.45) is 0 Å². The monoisotopic (exact) mass is 397 g/mol. The minimum Gasteiger partial charge on any atom is -0.481 e. The topological polar surface area (TPSA) is 84.2 Å². The molecule has 0 fully saturated rings. The zero-order valence-electron chi connectivity index (χ0n) is 16.3. The SMILES string of the molecule is Cc1c2ccccc2nn1CCCNC(=O)CC(CC(=O)O)c1ccc(F)cc1. The van der Waals surface area contributed by atoms with Gasteiger partial charge < -0.3 is 10.4 Å². The minimum atomic E-state index is -0.992. The Morgan fingerprint density at radius 3 is 2.55 bits per heavy atom. The lowest BCUT2D eigenvalue weighted by Gasteiger charge is -2.15. The number of carbonyl (C=O) groups is 2. The molecule has 0 aliphatic heterocycles. The number of aliphatic carboxylic acids is 1. The largest absolute Gasteiger partial charge is 0.481 e. The van der Waals surface area contributed by atoms with Gasteiger partial charge in [0, 0.05) is 36.5 Å². The molecule has 3 aromatic rings. The van der Waals surface area contributed by atoms with Gasteiger partial charge in [0.1, 0.15) is 5.82 Å². The van der Waals surface area contributed by atoms with E-state index in [0.717, 1.165) is 16.6 Å². The van der Waals surface area contributed by atoms with E-state index in [-0.39, 0.29) is 18.7 Å². The Morgan fingerprint density at radius 2 is 1.86 bits per heavy atom. The third-order valence-corrected chi connectivity index (χ3v) is 4.97. The normalized spacial score (nSPS) is 12.1. The van der Waals surface area contributed by atoms with E-state index in [2.05, 4.69) is 10.4 Å². The minimum absolute atomic E-state index is 0.0443. The van der Waals surface area contributed by atoms with E-state index < -0.39 is 17.7 Å². The fraction of sp³-hybridized carbons (Fsp3) is 0.318. The zero-order valence-corrected chi connectivity index (χ0v) is 16.3. The van der Waals surface area contributed by atoms with Gasteiger partial charge in [0.2, 0.25) is 5.91 Å². The number of carboxylic acids is 1. The fourth-order valence-corrected chi connectivity index (χ4v) is 3.43. The van der Waals surface area contributed by atoms with Gasteiger partial charge in [0.15, 0.2) is 0 Å². The molecule has 1 heterocycles. The Kier molecular flexibility index (Phi) is 6.59. The summed E-state index contributed by atoms with van der Waals surface area (Å²) in [5.74, 6) is -2.10. The second kappa shape index (κ2) is 9.32. The van der Waals surface area contributed by atoms with Crippen molar-refractivity contribution in [2.75, 3.05) is 6.54 Å². The fourth-order valence-electron chi connectivity index (χ4n) is 3.43. The lowest BCUT2D eigenvalue weighted by molar-refractivity contribution is -0.137. The molecule has 6 nitrogen and oxygen atoms in total. The summed E-state index contributed by atoms with van der Waals surface area (Å²) in [6.07, 6.45) is 0.571. The third-order valence-electron chi connectivity index (χ3n) is 4.97. The molecule has 0 aliphatic carbocycles. The Bertz CT molecular complexity index is 998. The second-order valence-electron chi connectivity index (χ2n) is 7.08. The molecule has 1 atom stereocenters. The Hall–Kier alpha value is -3.22. The van der Waals surface area contributed by atoms with Crippen LogP contribution in [0.2, 0.25) is 0 Å². The highest BCUT2D eigenvalue weighted by atomic mass is 19.1. The molecule has 0 spiro atoms. The van der Waals surface area contributed by atoms with Gasteiger partial charge in [-0.05, 0) is 37.1 Å². The van der Waals surface area contributed by atoms with Crippen LogP contribution in [0.25, 0.3) is 10.9 Å². The molecule has 152 valence electrons. The third kappa shape index (κ3) is 5.40. The van der Waals surface area contributed by atoms with Gasteiger partial charge in [-0.1, -0.05) is 30.3 Å². The predicted octanol–water partition coefficient (Wildman–Crippen LogP) is 3.64. The molecule has 1 unspecified atom stereocenters. The first-order valence-electron chi connectivity index (χ1n) is 9.60. The number of benzene rings is 2. The van der Waals surface area contributed by atoms with Crippen LogP contribution in [0.3, 0.4) is 0 Å². The van der Waals surface area contributed by atoms with Crippen LogP contribution < -0.4 is 5.32 Å². The van der Waals surface area contributed by atoms with Crippen LogP contribution in [-0.2, 0) is 16.1 Å². The van der Waals surface area contributed by atoms with Crippen LogP contribution in [-0.4, -0.2) is 33.3 Å². The average Bonchev–Trinajstić information content (AvgIpc) is 3.01. The van der Waals surface area contributed by atoms with Crippen LogP contribution in [0.5, 0.6) is 0 Å². The first kappa shape index (κ1) is 20.5. The highest BCUT2D eigenvalue weighted by Gasteiger charge is 2.19. The first-order valence-corrected chi connectivity index (χ1v) is 9.60. The van der Waals surface area contributed by atoms with Crippen LogP contribution >= 0.6 is 0 Å². The molecule has 0 aliphatic rings. The highest BCUT2D eigenvalue weighted by Crippen LogP contribution is 2.24. The number of amides is 1. The van der Waals surface area contributed by atoms with E-state index in [1.165, 1.54) is 24.3 Å². The van der Waals surface area contributed by atoms with Crippen molar-refractivity contribution >= 4 is 22.8 Å². The van der Waals surface area contributed by atoms with Crippen LogP contribution in [0.1, 0.15) is 36.4 Å². The molecule has 0 saturated carbocycles. The number of carbonyl (C=O) groups excluding carboxylic acids is 1. The number of carboxylic acid groups (broad SMARTS) is 1. The number of halogens is 1. The van der Waals surface area contributed by atoms with Crippen molar-refractivity contribution in [1.29, 1.82) is 0 Å². The molecule has 1 amide bonds. The van der Waals surface area contributed by atoms with E-state index >= 15 is 0 Å². The van der Waals surface area contributed by atoms with Crippen molar-refractivity contribution in [3.05, 3.63) is 65.6 Å². The molecule has 7 heteroatoms. The maximum atomic E-state index is 13.1. The van der Waals surface area contributed by atoms with Gasteiger partial charge in [-0.25, -0.2) is 4.39 Å². The number of hydrogen-bond acceptors (Lipinski definition) is 3. The summed E-state index contributed by atoms with van der Waals surface area (Å²) in [6, 6.07) is 13.6. The van der Waals surface area contributed by atoms with Crippen LogP contribution in [0.4, 0.5) is 4.39 Å². The maximum absolute atomic E-state index is 13.1. The Morgan fingerprint density at radius 1 is 1.14 bits per heavy atom. The summed E-state index contributed by atoms with van der Waals surface area (Å²) in [4.78, 5) is 23.4. The molecular weight excluding hydrogens is 373 g/mol. The van der Waals surface area contributed by atoms with Crippen molar-refractivity contribution in [1.82, 2.24) is 15.1 Å².